The molecule has 1 aliphatic carbocycles. The minimum Gasteiger partial charge on any atom is -0.366 e. The fourth-order valence-corrected chi connectivity index (χ4v) is 1.18. The van der Waals surface area contributed by atoms with E-state index in [0.717, 1.165) is 18.1 Å². The third-order valence-corrected chi connectivity index (χ3v) is 1.97. The average molecular weight is 178 g/mol. The van der Waals surface area contributed by atoms with E-state index in [1.807, 2.05) is 7.05 Å². The Morgan fingerprint density at radius 1 is 1.46 bits per heavy atom. The van der Waals surface area contributed by atoms with E-state index < -0.39 is 0 Å². The molecule has 1 saturated carbocycles. The van der Waals surface area contributed by atoms with E-state index in [-0.39, 0.29) is 0 Å². The fourth-order valence-electron chi connectivity index (χ4n) is 1.18. The summed E-state index contributed by atoms with van der Waals surface area (Å²) in [5.74, 6) is 0.898. The van der Waals surface area contributed by atoms with Gasteiger partial charge < -0.3 is 10.6 Å². The highest BCUT2D eigenvalue weighted by Gasteiger charge is 2.21. The van der Waals surface area contributed by atoms with Crippen LogP contribution in [0.2, 0.25) is 0 Å². The molecule has 0 radical (unpaired) electrons. The molecule has 2 rings (SSSR count). The van der Waals surface area contributed by atoms with Gasteiger partial charge in [-0.2, -0.15) is 0 Å². The van der Waals surface area contributed by atoms with E-state index in [9.17, 15) is 0 Å². The normalized spacial score (nSPS) is 15.8. The standard InChI is InChI=1S/C9H14N4/c1-10-4-8-5-11-6-9(13-8)12-7-2-3-7/h5-7,10H,2-4H2,1H3,(H,12,13). The SMILES string of the molecule is CNCc1cncc(NC2CC2)n1. The fraction of sp³-hybridized carbons (Fsp3) is 0.556. The van der Waals surface area contributed by atoms with Crippen LogP contribution in [0.5, 0.6) is 0 Å². The van der Waals surface area contributed by atoms with Crippen molar-refractivity contribution in [2.24, 2.45) is 0 Å². The summed E-state index contributed by atoms with van der Waals surface area (Å²) in [6, 6.07) is 0.638. The van der Waals surface area contributed by atoms with Gasteiger partial charge in [-0.1, -0.05) is 0 Å². The Balaban J connectivity index is 2.02. The first-order chi connectivity index (χ1) is 6.38. The van der Waals surface area contributed by atoms with Gasteiger partial charge in [-0.3, -0.25) is 4.98 Å². The van der Waals surface area contributed by atoms with E-state index in [1.54, 1.807) is 12.4 Å². The van der Waals surface area contributed by atoms with Crippen molar-refractivity contribution in [3.8, 4) is 0 Å². The molecule has 4 heteroatoms. The summed E-state index contributed by atoms with van der Waals surface area (Å²) in [6.07, 6.45) is 6.09. The molecule has 2 N–H and O–H groups in total. The van der Waals surface area contributed by atoms with Crippen molar-refractivity contribution in [1.29, 1.82) is 0 Å². The van der Waals surface area contributed by atoms with Crippen molar-refractivity contribution in [3.05, 3.63) is 18.1 Å². The molecule has 4 nitrogen and oxygen atoms in total. The molecule has 1 aliphatic rings. The predicted octanol–water partition coefficient (Wildman–Crippen LogP) is 0.770. The van der Waals surface area contributed by atoms with Gasteiger partial charge in [0.15, 0.2) is 0 Å². The second kappa shape index (κ2) is 3.70. The lowest BCUT2D eigenvalue weighted by Crippen LogP contribution is -2.10. The number of nitrogens with one attached hydrogen (secondary N) is 2. The van der Waals surface area contributed by atoms with Crippen molar-refractivity contribution in [2.75, 3.05) is 12.4 Å². The van der Waals surface area contributed by atoms with Crippen LogP contribution in [0.15, 0.2) is 12.4 Å². The van der Waals surface area contributed by atoms with Crippen LogP contribution in [0.25, 0.3) is 0 Å². The summed E-state index contributed by atoms with van der Waals surface area (Å²) >= 11 is 0. The molecule has 1 aromatic rings. The topological polar surface area (TPSA) is 49.8 Å². The average Bonchev–Trinajstić information content (AvgIpc) is 2.90. The lowest BCUT2D eigenvalue weighted by atomic mass is 10.4. The van der Waals surface area contributed by atoms with E-state index in [1.165, 1.54) is 12.8 Å². The zero-order valence-corrected chi connectivity index (χ0v) is 7.75. The van der Waals surface area contributed by atoms with Crippen molar-refractivity contribution >= 4 is 5.82 Å². The number of rotatable bonds is 4. The van der Waals surface area contributed by atoms with Gasteiger partial charge in [0.1, 0.15) is 5.82 Å². The van der Waals surface area contributed by atoms with E-state index in [0.29, 0.717) is 6.04 Å². The van der Waals surface area contributed by atoms with Crippen LogP contribution in [-0.4, -0.2) is 23.1 Å². The van der Waals surface area contributed by atoms with Crippen LogP contribution in [0.3, 0.4) is 0 Å². The quantitative estimate of drug-likeness (QED) is 0.715. The van der Waals surface area contributed by atoms with Crippen LogP contribution in [0.4, 0.5) is 5.82 Å². The molecule has 1 fully saturated rings. The lowest BCUT2D eigenvalue weighted by Gasteiger charge is -2.04. The molecule has 0 saturated heterocycles. The Kier molecular flexibility index (Phi) is 2.40. The Bertz CT molecular complexity index is 283. The molecule has 0 aromatic carbocycles. The maximum atomic E-state index is 4.41. The van der Waals surface area contributed by atoms with Crippen LogP contribution in [-0.2, 0) is 6.54 Å². The molecule has 0 unspecified atom stereocenters. The van der Waals surface area contributed by atoms with Gasteiger partial charge in [0, 0.05) is 18.8 Å². The molecule has 0 aliphatic heterocycles. The monoisotopic (exact) mass is 178 g/mol. The minimum absolute atomic E-state index is 0.638. The summed E-state index contributed by atoms with van der Waals surface area (Å²) in [4.78, 5) is 8.53. The minimum atomic E-state index is 0.638. The van der Waals surface area contributed by atoms with Crippen molar-refractivity contribution in [2.45, 2.75) is 25.4 Å². The van der Waals surface area contributed by atoms with Gasteiger partial charge >= 0.3 is 0 Å². The number of nitrogens with zero attached hydrogens (tertiary/aromatic N) is 2. The summed E-state index contributed by atoms with van der Waals surface area (Å²) in [7, 11) is 1.91. The lowest BCUT2D eigenvalue weighted by molar-refractivity contribution is 0.784. The summed E-state index contributed by atoms with van der Waals surface area (Å²) in [6.45, 7) is 0.771. The molecule has 0 amide bonds. The van der Waals surface area contributed by atoms with Gasteiger partial charge in [-0.25, -0.2) is 4.98 Å². The highest BCUT2D eigenvalue weighted by Crippen LogP contribution is 2.23. The number of hydrogen-bond acceptors (Lipinski definition) is 4. The van der Waals surface area contributed by atoms with E-state index in [2.05, 4.69) is 20.6 Å². The Morgan fingerprint density at radius 2 is 2.31 bits per heavy atom. The first-order valence-electron chi connectivity index (χ1n) is 4.60. The van der Waals surface area contributed by atoms with Gasteiger partial charge in [-0.15, -0.1) is 0 Å². The molecular weight excluding hydrogens is 164 g/mol. The van der Waals surface area contributed by atoms with Crippen molar-refractivity contribution in [3.63, 3.8) is 0 Å². The molecule has 0 atom stereocenters. The molecule has 13 heavy (non-hydrogen) atoms. The maximum absolute atomic E-state index is 4.41. The summed E-state index contributed by atoms with van der Waals surface area (Å²) < 4.78 is 0. The highest BCUT2D eigenvalue weighted by molar-refractivity contribution is 5.34. The van der Waals surface area contributed by atoms with E-state index >= 15 is 0 Å². The molecular formula is C9H14N4. The first kappa shape index (κ1) is 8.44. The smallest absolute Gasteiger partial charge is 0.145 e. The van der Waals surface area contributed by atoms with Crippen molar-refractivity contribution in [1.82, 2.24) is 15.3 Å². The Labute approximate surface area is 77.8 Å². The third kappa shape index (κ3) is 2.39. The summed E-state index contributed by atoms with van der Waals surface area (Å²) in [5.41, 5.74) is 0.980. The molecule has 0 bridgehead atoms. The molecule has 1 aromatic heterocycles. The van der Waals surface area contributed by atoms with Crippen LogP contribution in [0.1, 0.15) is 18.5 Å². The molecule has 70 valence electrons. The van der Waals surface area contributed by atoms with Crippen LogP contribution >= 0.6 is 0 Å². The van der Waals surface area contributed by atoms with Gasteiger partial charge in [-0.05, 0) is 19.9 Å². The first-order valence-corrected chi connectivity index (χ1v) is 4.60. The van der Waals surface area contributed by atoms with E-state index in [4.69, 9.17) is 0 Å². The summed E-state index contributed by atoms with van der Waals surface area (Å²) in [5, 5.41) is 6.36. The van der Waals surface area contributed by atoms with Crippen LogP contribution in [0, 0.1) is 0 Å². The largest absolute Gasteiger partial charge is 0.366 e. The van der Waals surface area contributed by atoms with Gasteiger partial charge in [0.25, 0.3) is 0 Å². The van der Waals surface area contributed by atoms with Gasteiger partial charge in [0.2, 0.25) is 0 Å². The van der Waals surface area contributed by atoms with Crippen LogP contribution < -0.4 is 10.6 Å². The second-order valence-corrected chi connectivity index (χ2v) is 3.34. The van der Waals surface area contributed by atoms with Gasteiger partial charge in [0.05, 0.1) is 11.9 Å². The second-order valence-electron chi connectivity index (χ2n) is 3.34. The molecule has 0 spiro atoms. The third-order valence-electron chi connectivity index (χ3n) is 1.97. The zero-order chi connectivity index (χ0) is 9.10. The van der Waals surface area contributed by atoms with Crippen molar-refractivity contribution < 1.29 is 0 Å². The Hall–Kier alpha value is -1.16. The predicted molar refractivity (Wildman–Crippen MR) is 51.4 cm³/mol. The highest BCUT2D eigenvalue weighted by atomic mass is 15.1. The number of aromatic nitrogens is 2. The Morgan fingerprint density at radius 3 is 3.00 bits per heavy atom. The number of hydrogen-bond donors (Lipinski definition) is 2. The zero-order valence-electron chi connectivity index (χ0n) is 7.75. The molecule has 1 heterocycles. The number of anilines is 1. The maximum Gasteiger partial charge on any atom is 0.145 e.